The molecule has 0 unspecified atom stereocenters. The van der Waals surface area contributed by atoms with Gasteiger partial charge in [0.1, 0.15) is 0 Å². The highest BCUT2D eigenvalue weighted by atomic mass is 32.2. The van der Waals surface area contributed by atoms with Crippen LogP contribution >= 0.6 is 0 Å². The van der Waals surface area contributed by atoms with E-state index in [0.717, 1.165) is 33.6 Å². The van der Waals surface area contributed by atoms with Crippen molar-refractivity contribution in [3.8, 4) is 0 Å². The Morgan fingerprint density at radius 3 is 2.19 bits per heavy atom. The van der Waals surface area contributed by atoms with E-state index in [1.807, 2.05) is 36.9 Å². The van der Waals surface area contributed by atoms with Gasteiger partial charge in [0.2, 0.25) is 15.9 Å². The molecule has 0 aliphatic carbocycles. The van der Waals surface area contributed by atoms with Crippen molar-refractivity contribution in [1.82, 2.24) is 9.21 Å². The molecule has 0 atom stereocenters. The van der Waals surface area contributed by atoms with Gasteiger partial charge in [-0.25, -0.2) is 8.42 Å². The summed E-state index contributed by atoms with van der Waals surface area (Å²) < 4.78 is 65.4. The third-order valence-corrected chi connectivity index (χ3v) is 6.90. The second-order valence-electron chi connectivity index (χ2n) is 7.63. The van der Waals surface area contributed by atoms with Crippen molar-refractivity contribution in [2.24, 2.45) is 0 Å². The Kier molecular flexibility index (Phi) is 6.73. The smallest absolute Gasteiger partial charge is 0.325 e. The largest absolute Gasteiger partial charge is 0.416 e. The summed E-state index contributed by atoms with van der Waals surface area (Å²) in [5, 5.41) is 2.84. The summed E-state index contributed by atoms with van der Waals surface area (Å²) in [4.78, 5) is 13.8. The first-order valence-corrected chi connectivity index (χ1v) is 11.2. The van der Waals surface area contributed by atoms with E-state index in [0.29, 0.717) is 24.8 Å². The fourth-order valence-electron chi connectivity index (χ4n) is 3.56. The van der Waals surface area contributed by atoms with Gasteiger partial charge in [0.25, 0.3) is 0 Å². The van der Waals surface area contributed by atoms with Crippen molar-refractivity contribution in [1.29, 1.82) is 0 Å². The number of sulfonamides is 1. The number of anilines is 1. The van der Waals surface area contributed by atoms with Gasteiger partial charge < -0.3 is 5.32 Å². The minimum absolute atomic E-state index is 0.0927. The van der Waals surface area contributed by atoms with E-state index >= 15 is 0 Å². The lowest BCUT2D eigenvalue weighted by molar-refractivity contribution is -0.137. The quantitative estimate of drug-likeness (QED) is 0.752. The Hall–Kier alpha value is -2.43. The number of nitrogens with zero attached hydrogens (tertiary/aromatic N) is 2. The molecule has 3 rings (SSSR count). The van der Waals surface area contributed by atoms with Crippen molar-refractivity contribution in [2.75, 3.05) is 38.0 Å². The van der Waals surface area contributed by atoms with Crippen molar-refractivity contribution in [3.63, 3.8) is 0 Å². The highest BCUT2D eigenvalue weighted by Crippen LogP contribution is 2.31. The molecule has 2 aromatic carbocycles. The van der Waals surface area contributed by atoms with Crippen molar-refractivity contribution < 1.29 is 26.4 Å². The molecule has 1 N–H and O–H groups in total. The second kappa shape index (κ2) is 8.97. The molecule has 0 spiro atoms. The fourth-order valence-corrected chi connectivity index (χ4v) is 5.03. The number of carbonyl (C=O) groups excluding carboxylic acids is 1. The third kappa shape index (κ3) is 5.84. The number of piperazine rings is 1. The second-order valence-corrected chi connectivity index (χ2v) is 9.57. The van der Waals surface area contributed by atoms with Crippen LogP contribution in [-0.2, 0) is 21.0 Å². The molecule has 0 saturated carbocycles. The summed E-state index contributed by atoms with van der Waals surface area (Å²) in [5.41, 5.74) is 1.76. The number of alkyl halides is 3. The van der Waals surface area contributed by atoms with Crippen LogP contribution in [0.5, 0.6) is 0 Å². The summed E-state index contributed by atoms with van der Waals surface area (Å²) in [6.07, 6.45) is -4.62. The maximum absolute atomic E-state index is 12.9. The van der Waals surface area contributed by atoms with Crippen LogP contribution in [0.2, 0.25) is 0 Å². The number of carbonyl (C=O) groups is 1. The van der Waals surface area contributed by atoms with E-state index in [9.17, 15) is 26.4 Å². The summed E-state index contributed by atoms with van der Waals surface area (Å²) in [6, 6.07) is 9.47. The first-order valence-electron chi connectivity index (χ1n) is 9.73. The number of benzene rings is 2. The van der Waals surface area contributed by atoms with Crippen LogP contribution in [-0.4, -0.2) is 56.3 Å². The topological polar surface area (TPSA) is 69.7 Å². The summed E-state index contributed by atoms with van der Waals surface area (Å²) in [7, 11) is -4.05. The van der Waals surface area contributed by atoms with Gasteiger partial charge in [-0.1, -0.05) is 12.1 Å². The first-order chi connectivity index (χ1) is 14.4. The Balaban J connectivity index is 1.59. The lowest BCUT2D eigenvalue weighted by Gasteiger charge is -2.33. The van der Waals surface area contributed by atoms with E-state index in [2.05, 4.69) is 5.32 Å². The van der Waals surface area contributed by atoms with E-state index < -0.39 is 21.8 Å². The van der Waals surface area contributed by atoms with E-state index in [1.165, 1.54) is 0 Å². The van der Waals surface area contributed by atoms with Gasteiger partial charge in [-0.2, -0.15) is 17.5 Å². The van der Waals surface area contributed by atoms with Crippen LogP contribution in [0.1, 0.15) is 16.7 Å². The van der Waals surface area contributed by atoms with Crippen LogP contribution in [0.4, 0.5) is 18.9 Å². The molecule has 6 nitrogen and oxygen atoms in total. The van der Waals surface area contributed by atoms with Crippen LogP contribution in [0.25, 0.3) is 0 Å². The van der Waals surface area contributed by atoms with Gasteiger partial charge in [-0.05, 0) is 55.3 Å². The molecule has 0 aromatic heterocycles. The zero-order valence-electron chi connectivity index (χ0n) is 17.2. The molecule has 1 fully saturated rings. The number of rotatable bonds is 5. The molecule has 1 aliphatic heterocycles. The Bertz CT molecular complexity index is 1040. The van der Waals surface area contributed by atoms with Gasteiger partial charge in [-0.3, -0.25) is 9.69 Å². The molecule has 31 heavy (non-hydrogen) atoms. The molecule has 10 heteroatoms. The van der Waals surface area contributed by atoms with E-state index in [1.54, 1.807) is 0 Å². The average molecular weight is 456 g/mol. The van der Waals surface area contributed by atoms with Gasteiger partial charge in [0, 0.05) is 31.9 Å². The Labute approximate surface area is 179 Å². The molecule has 2 aromatic rings. The van der Waals surface area contributed by atoms with Crippen molar-refractivity contribution in [2.45, 2.75) is 24.9 Å². The van der Waals surface area contributed by atoms with Crippen LogP contribution in [0, 0.1) is 13.8 Å². The van der Waals surface area contributed by atoms with Gasteiger partial charge in [0.05, 0.1) is 17.0 Å². The molecule has 0 bridgehead atoms. The number of hydrogen-bond donors (Lipinski definition) is 1. The zero-order valence-corrected chi connectivity index (χ0v) is 18.1. The van der Waals surface area contributed by atoms with Crippen LogP contribution < -0.4 is 5.32 Å². The maximum atomic E-state index is 12.9. The fraction of sp³-hybridized carbons (Fsp3) is 0.381. The minimum Gasteiger partial charge on any atom is -0.325 e. The highest BCUT2D eigenvalue weighted by molar-refractivity contribution is 7.89. The summed E-state index contributed by atoms with van der Waals surface area (Å²) in [5.74, 6) is -0.209. The Morgan fingerprint density at radius 2 is 1.61 bits per heavy atom. The molecule has 168 valence electrons. The number of halogens is 3. The molecular formula is C21H24F3N3O3S. The number of aryl methyl sites for hydroxylation is 2. The van der Waals surface area contributed by atoms with Crippen molar-refractivity contribution in [3.05, 3.63) is 59.2 Å². The molecule has 1 saturated heterocycles. The number of nitrogens with one attached hydrogen (secondary N) is 1. The normalized spacial score (nSPS) is 16.3. The molecule has 1 heterocycles. The molecular weight excluding hydrogens is 431 g/mol. The zero-order chi connectivity index (χ0) is 22.8. The number of amides is 1. The molecule has 0 radical (unpaired) electrons. The first kappa shape index (κ1) is 23.2. The standard InChI is InChI=1S/C21H24F3N3O3S/c1-15-10-16(2)12-18(11-15)25-20(28)14-26-6-8-27(9-7-26)31(29,30)19-5-3-4-17(13-19)21(22,23)24/h3-5,10-13H,6-9,14H2,1-2H3,(H,25,28). The average Bonchev–Trinajstić information content (AvgIpc) is 2.67. The van der Waals surface area contributed by atoms with Crippen molar-refractivity contribution >= 4 is 21.6 Å². The summed E-state index contributed by atoms with van der Waals surface area (Å²) in [6.45, 7) is 4.77. The van der Waals surface area contributed by atoms with Gasteiger partial charge in [0.15, 0.2) is 0 Å². The minimum atomic E-state index is -4.62. The van der Waals surface area contributed by atoms with Gasteiger partial charge >= 0.3 is 6.18 Å². The molecule has 1 aliphatic rings. The monoisotopic (exact) mass is 455 g/mol. The van der Waals surface area contributed by atoms with E-state index in [4.69, 9.17) is 0 Å². The maximum Gasteiger partial charge on any atom is 0.416 e. The van der Waals surface area contributed by atoms with Crippen LogP contribution in [0.15, 0.2) is 47.4 Å². The van der Waals surface area contributed by atoms with E-state index in [-0.39, 0.29) is 30.4 Å². The van der Waals surface area contributed by atoms with Crippen LogP contribution in [0.3, 0.4) is 0 Å². The lowest BCUT2D eigenvalue weighted by atomic mass is 10.1. The lowest BCUT2D eigenvalue weighted by Crippen LogP contribution is -2.50. The Morgan fingerprint density at radius 1 is 1.00 bits per heavy atom. The third-order valence-electron chi connectivity index (χ3n) is 5.00. The SMILES string of the molecule is Cc1cc(C)cc(NC(=O)CN2CCN(S(=O)(=O)c3cccc(C(F)(F)F)c3)CC2)c1. The van der Waals surface area contributed by atoms with Gasteiger partial charge in [-0.15, -0.1) is 0 Å². The number of hydrogen-bond acceptors (Lipinski definition) is 4. The summed E-state index contributed by atoms with van der Waals surface area (Å²) >= 11 is 0. The predicted octanol–water partition coefficient (Wildman–Crippen LogP) is 3.27. The highest BCUT2D eigenvalue weighted by Gasteiger charge is 2.34. The predicted molar refractivity (Wildman–Crippen MR) is 111 cm³/mol. The molecule has 1 amide bonds.